The van der Waals surface area contributed by atoms with Gasteiger partial charge in [-0.05, 0) is 55.6 Å². The zero-order valence-corrected chi connectivity index (χ0v) is 33.1. The molecular weight excluding hydrogens is 743 g/mol. The van der Waals surface area contributed by atoms with Crippen molar-refractivity contribution in [3.8, 4) is 0 Å². The van der Waals surface area contributed by atoms with E-state index in [1.807, 2.05) is 30.3 Å². The average molecular weight is 798 g/mol. The summed E-state index contributed by atoms with van der Waals surface area (Å²) in [5.41, 5.74) is 6.95. The lowest BCUT2D eigenvalue weighted by atomic mass is 9.98. The van der Waals surface area contributed by atoms with Crippen LogP contribution < -0.4 is 37.6 Å². The Kier molecular flexibility index (Phi) is 21.3. The Bertz CT molecular complexity index is 1450. The van der Waals surface area contributed by atoms with Crippen molar-refractivity contribution in [1.82, 2.24) is 31.9 Å². The number of hydrogen-bond donors (Lipinski definition) is 10. The second-order valence-electron chi connectivity index (χ2n) is 13.4. The van der Waals surface area contributed by atoms with Gasteiger partial charge in [-0.2, -0.15) is 24.4 Å². The summed E-state index contributed by atoms with van der Waals surface area (Å²) in [4.78, 5) is 102. The van der Waals surface area contributed by atoms with Crippen molar-refractivity contribution >= 4 is 71.8 Å². The van der Waals surface area contributed by atoms with Crippen molar-refractivity contribution in [2.24, 2.45) is 17.6 Å². The highest BCUT2D eigenvalue weighted by Gasteiger charge is 2.34. The predicted octanol–water partition coefficient (Wildman–Crippen LogP) is -0.571. The maximum absolute atomic E-state index is 13.4. The fourth-order valence-corrected chi connectivity index (χ4v) is 5.70. The second kappa shape index (κ2) is 24.1. The Balaban J connectivity index is 3.00. The van der Waals surface area contributed by atoms with Gasteiger partial charge in [0.25, 0.3) is 0 Å². The summed E-state index contributed by atoms with van der Waals surface area (Å²) in [6, 6.07) is 0.667. The Morgan fingerprint density at radius 2 is 1.17 bits per heavy atom. The Morgan fingerprint density at radius 1 is 0.667 bits per heavy atom. The first-order valence-electron chi connectivity index (χ1n) is 17.5. The number of thiol groups is 1. The molecule has 0 unspecified atom stereocenters. The largest absolute Gasteiger partial charge is 0.481 e. The van der Waals surface area contributed by atoms with E-state index in [4.69, 9.17) is 5.73 Å². The van der Waals surface area contributed by atoms with E-state index in [1.54, 1.807) is 34.0 Å². The number of nitrogens with two attached hydrogens (primary N) is 1. The molecule has 1 aromatic rings. The number of carbonyl (C=O) groups is 8. The third-order valence-corrected chi connectivity index (χ3v) is 9.21. The molecule has 0 aromatic heterocycles. The number of carboxylic acids is 2. The first-order chi connectivity index (χ1) is 25.3. The van der Waals surface area contributed by atoms with Crippen molar-refractivity contribution in [2.45, 2.75) is 103 Å². The molecule has 0 heterocycles. The summed E-state index contributed by atoms with van der Waals surface area (Å²) in [6.07, 6.45) is 1.20. The molecule has 0 radical (unpaired) electrons. The number of carboxylic acid groups (broad SMARTS) is 2. The molecule has 1 rings (SSSR count). The molecule has 0 aliphatic carbocycles. The molecule has 302 valence electrons. The standard InChI is InChI=1S/C35H55N7O10S2/c1-18(2)27(42-34(50)28(19(3)4)41-30(46)22(36)16-21-10-8-7-9-11-21)33(49)37-20(5)29(45)38-23(12-13-26(43)44)31(47)40-25(17-53)32(48)39-24(35(51)52)14-15-54-6/h7-11,18-20,22-25,27-28,53H,12-17,36H2,1-6H3,(H,37,49)(H,38,45)(H,39,48)(H,40,47)(H,41,46)(H,42,50)(H,43,44)(H,51,52)/t20-,22-,23-,24-,25-,27-,28-/m0/s1. The number of aliphatic carboxylic acids is 2. The van der Waals surface area contributed by atoms with Gasteiger partial charge in [0.2, 0.25) is 35.4 Å². The van der Waals surface area contributed by atoms with Crippen molar-refractivity contribution in [1.29, 1.82) is 0 Å². The molecule has 6 amide bonds. The quantitative estimate of drug-likeness (QED) is 0.0590. The third-order valence-electron chi connectivity index (χ3n) is 8.20. The number of hydrogen-bond acceptors (Lipinski definition) is 11. The van der Waals surface area contributed by atoms with Gasteiger partial charge in [-0.15, -0.1) is 0 Å². The minimum absolute atomic E-state index is 0.122. The van der Waals surface area contributed by atoms with Crippen LogP contribution in [0.1, 0.15) is 59.4 Å². The van der Waals surface area contributed by atoms with Crippen molar-refractivity contribution < 1.29 is 48.6 Å². The monoisotopic (exact) mass is 797 g/mol. The lowest BCUT2D eigenvalue weighted by Gasteiger charge is -2.29. The van der Waals surface area contributed by atoms with E-state index in [2.05, 4.69) is 44.5 Å². The summed E-state index contributed by atoms with van der Waals surface area (Å²) >= 11 is 5.46. The summed E-state index contributed by atoms with van der Waals surface area (Å²) in [7, 11) is 0. The molecule has 19 heteroatoms. The van der Waals surface area contributed by atoms with Crippen LogP contribution in [0.25, 0.3) is 0 Å². The van der Waals surface area contributed by atoms with Crippen molar-refractivity contribution in [3.63, 3.8) is 0 Å². The number of benzene rings is 1. The van der Waals surface area contributed by atoms with Crippen LogP contribution in [0.4, 0.5) is 0 Å². The number of amides is 6. The van der Waals surface area contributed by atoms with Crippen LogP contribution in [0.5, 0.6) is 0 Å². The molecule has 0 aliphatic heterocycles. The summed E-state index contributed by atoms with van der Waals surface area (Å²) in [5, 5.41) is 33.6. The van der Waals surface area contributed by atoms with E-state index in [-0.39, 0.29) is 30.9 Å². The van der Waals surface area contributed by atoms with Gasteiger partial charge in [0.05, 0.1) is 6.04 Å². The number of nitrogens with one attached hydrogen (secondary N) is 6. The van der Waals surface area contributed by atoms with Gasteiger partial charge >= 0.3 is 11.9 Å². The van der Waals surface area contributed by atoms with Gasteiger partial charge in [0.1, 0.15) is 36.3 Å². The molecule has 17 nitrogen and oxygen atoms in total. The minimum atomic E-state index is -1.47. The van der Waals surface area contributed by atoms with Crippen LogP contribution in [0, 0.1) is 11.8 Å². The van der Waals surface area contributed by atoms with E-state index >= 15 is 0 Å². The van der Waals surface area contributed by atoms with Crippen molar-refractivity contribution in [3.05, 3.63) is 35.9 Å². The zero-order chi connectivity index (χ0) is 41.1. The van der Waals surface area contributed by atoms with Gasteiger partial charge in [-0.3, -0.25) is 33.6 Å². The molecule has 0 spiro atoms. The van der Waals surface area contributed by atoms with Crippen LogP contribution in [-0.4, -0.2) is 118 Å². The number of carbonyl (C=O) groups excluding carboxylic acids is 6. The van der Waals surface area contributed by atoms with Crippen LogP contribution >= 0.6 is 24.4 Å². The van der Waals surface area contributed by atoms with Crippen LogP contribution in [0.3, 0.4) is 0 Å². The molecule has 7 atom stereocenters. The molecule has 10 N–H and O–H groups in total. The first-order valence-corrected chi connectivity index (χ1v) is 19.5. The van der Waals surface area contributed by atoms with Crippen LogP contribution in [0.15, 0.2) is 30.3 Å². The molecule has 1 aromatic carbocycles. The van der Waals surface area contributed by atoms with E-state index in [9.17, 15) is 48.6 Å². The van der Waals surface area contributed by atoms with Gasteiger partial charge < -0.3 is 47.8 Å². The maximum atomic E-state index is 13.4. The molecule has 0 saturated carbocycles. The van der Waals surface area contributed by atoms with E-state index in [0.29, 0.717) is 5.75 Å². The van der Waals surface area contributed by atoms with Gasteiger partial charge in [0.15, 0.2) is 0 Å². The smallest absolute Gasteiger partial charge is 0.326 e. The number of thioether (sulfide) groups is 1. The van der Waals surface area contributed by atoms with E-state index in [0.717, 1.165) is 5.56 Å². The number of rotatable bonds is 24. The highest BCUT2D eigenvalue weighted by molar-refractivity contribution is 7.98. The summed E-state index contributed by atoms with van der Waals surface area (Å²) in [6.45, 7) is 8.07. The second-order valence-corrected chi connectivity index (χ2v) is 14.8. The van der Waals surface area contributed by atoms with Crippen LogP contribution in [-0.2, 0) is 44.8 Å². The Hall–Kier alpha value is -4.36. The Morgan fingerprint density at radius 3 is 1.67 bits per heavy atom. The average Bonchev–Trinajstić information content (AvgIpc) is 3.10. The molecule has 54 heavy (non-hydrogen) atoms. The molecule has 0 fully saturated rings. The van der Waals surface area contributed by atoms with Crippen LogP contribution in [0.2, 0.25) is 0 Å². The Labute approximate surface area is 325 Å². The molecule has 0 saturated heterocycles. The highest BCUT2D eigenvalue weighted by atomic mass is 32.2. The summed E-state index contributed by atoms with van der Waals surface area (Å²) < 4.78 is 0. The van der Waals surface area contributed by atoms with E-state index in [1.165, 1.54) is 18.7 Å². The van der Waals surface area contributed by atoms with Gasteiger partial charge in [0, 0.05) is 12.2 Å². The third kappa shape index (κ3) is 16.8. The molecular formula is C35H55N7O10S2. The van der Waals surface area contributed by atoms with Gasteiger partial charge in [-0.25, -0.2) is 4.79 Å². The lowest BCUT2D eigenvalue weighted by Crippen LogP contribution is -2.61. The highest BCUT2D eigenvalue weighted by Crippen LogP contribution is 2.10. The molecule has 0 bridgehead atoms. The fraction of sp³-hybridized carbons (Fsp3) is 0.600. The van der Waals surface area contributed by atoms with Gasteiger partial charge in [-0.1, -0.05) is 58.0 Å². The fourth-order valence-electron chi connectivity index (χ4n) is 4.97. The normalized spacial score (nSPS) is 15.0. The minimum Gasteiger partial charge on any atom is -0.481 e. The summed E-state index contributed by atoms with van der Waals surface area (Å²) in [5.74, 6) is -7.82. The topological polar surface area (TPSA) is 275 Å². The predicted molar refractivity (Wildman–Crippen MR) is 206 cm³/mol. The van der Waals surface area contributed by atoms with E-state index < -0.39 is 102 Å². The SMILES string of the molecule is CSCC[C@H](NC(=O)[C@H](CS)NC(=O)[C@H](CCC(=O)O)NC(=O)[C@H](C)NC(=O)[C@@H](NC(=O)[C@@H](NC(=O)[C@@H](N)Cc1ccccc1)C(C)C)C(C)C)C(=O)O. The lowest BCUT2D eigenvalue weighted by molar-refractivity contribution is -0.142. The molecule has 0 aliphatic rings. The first kappa shape index (κ1) is 47.7. The maximum Gasteiger partial charge on any atom is 0.326 e. The zero-order valence-electron chi connectivity index (χ0n) is 31.4. The van der Waals surface area contributed by atoms with Crippen molar-refractivity contribution in [2.75, 3.05) is 17.8 Å².